The van der Waals surface area contributed by atoms with Gasteiger partial charge in [0.1, 0.15) is 6.61 Å². The van der Waals surface area contributed by atoms with Crippen LogP contribution in [0.5, 0.6) is 0 Å². The van der Waals surface area contributed by atoms with Crippen molar-refractivity contribution in [3.05, 3.63) is 46.5 Å². The molecule has 0 fully saturated rings. The summed E-state index contributed by atoms with van der Waals surface area (Å²) in [6.07, 6.45) is 1.13. The highest BCUT2D eigenvalue weighted by atomic mass is 32.2. The average Bonchev–Trinajstić information content (AvgIpc) is 2.90. The highest BCUT2D eigenvalue weighted by Gasteiger charge is 2.12. The third kappa shape index (κ3) is 5.74. The van der Waals surface area contributed by atoms with E-state index in [0.29, 0.717) is 16.4 Å². The van der Waals surface area contributed by atoms with Crippen LogP contribution < -0.4 is 5.32 Å². The number of hydrogen-bond acceptors (Lipinski definition) is 7. The molecule has 0 bridgehead atoms. The van der Waals surface area contributed by atoms with Gasteiger partial charge in [0.2, 0.25) is 5.91 Å². The molecule has 0 aliphatic heterocycles. The number of carbonyl (C=O) groups excluding carboxylic acids is 2. The van der Waals surface area contributed by atoms with Gasteiger partial charge in [0.15, 0.2) is 15.0 Å². The summed E-state index contributed by atoms with van der Waals surface area (Å²) in [4.78, 5) is 27.1. The molecule has 128 valence electrons. The second-order valence-corrected chi connectivity index (χ2v) is 8.17. The Kier molecular flexibility index (Phi) is 5.68. The van der Waals surface area contributed by atoms with Crippen molar-refractivity contribution >= 4 is 38.2 Å². The Morgan fingerprint density at radius 2 is 2.08 bits per heavy atom. The minimum Gasteiger partial charge on any atom is -0.456 e. The first-order chi connectivity index (χ1) is 11.2. The summed E-state index contributed by atoms with van der Waals surface area (Å²) in [5, 5.41) is 4.66. The van der Waals surface area contributed by atoms with Gasteiger partial charge in [0.05, 0.1) is 17.0 Å². The maximum absolute atomic E-state index is 12.1. The molecule has 1 N–H and O–H groups in total. The Morgan fingerprint density at radius 1 is 1.33 bits per heavy atom. The molecule has 0 aliphatic carbocycles. The molecule has 24 heavy (non-hydrogen) atoms. The fourth-order valence-electron chi connectivity index (χ4n) is 1.89. The summed E-state index contributed by atoms with van der Waals surface area (Å²) < 4.78 is 27.8. The number of amides is 1. The molecule has 0 aliphatic rings. The first-order valence-electron chi connectivity index (χ1n) is 6.89. The highest BCUT2D eigenvalue weighted by molar-refractivity contribution is 7.89. The second-order valence-electron chi connectivity index (χ2n) is 5.17. The molecule has 2 aromatic rings. The zero-order chi connectivity index (χ0) is 17.7. The van der Waals surface area contributed by atoms with Crippen LogP contribution in [0.25, 0.3) is 0 Å². The van der Waals surface area contributed by atoms with E-state index in [1.165, 1.54) is 24.3 Å². The molecule has 0 saturated carbocycles. The number of esters is 1. The zero-order valence-electron chi connectivity index (χ0n) is 13.1. The van der Waals surface area contributed by atoms with Crippen molar-refractivity contribution in [1.29, 1.82) is 0 Å². The SMILES string of the molecule is CC(=O)Nc1nc(COC(=O)c2cccc(CS(C)(=O)=O)c2)cs1. The van der Waals surface area contributed by atoms with Gasteiger partial charge in [-0.15, -0.1) is 11.3 Å². The monoisotopic (exact) mass is 368 g/mol. The summed E-state index contributed by atoms with van der Waals surface area (Å²) >= 11 is 1.23. The van der Waals surface area contributed by atoms with Gasteiger partial charge in [-0.1, -0.05) is 12.1 Å². The van der Waals surface area contributed by atoms with E-state index in [1.54, 1.807) is 23.6 Å². The lowest BCUT2D eigenvalue weighted by Gasteiger charge is -2.05. The molecule has 0 radical (unpaired) electrons. The highest BCUT2D eigenvalue weighted by Crippen LogP contribution is 2.17. The predicted octanol–water partition coefficient (Wildman–Crippen LogP) is 2.00. The van der Waals surface area contributed by atoms with Crippen LogP contribution in [0.2, 0.25) is 0 Å². The van der Waals surface area contributed by atoms with Gasteiger partial charge in [0.25, 0.3) is 0 Å². The number of nitrogens with one attached hydrogen (secondary N) is 1. The Balaban J connectivity index is 1.98. The van der Waals surface area contributed by atoms with E-state index in [0.717, 1.165) is 6.26 Å². The molecule has 2 rings (SSSR count). The van der Waals surface area contributed by atoms with E-state index in [1.807, 2.05) is 0 Å². The summed E-state index contributed by atoms with van der Waals surface area (Å²) in [6, 6.07) is 6.29. The summed E-state index contributed by atoms with van der Waals surface area (Å²) in [7, 11) is -3.18. The van der Waals surface area contributed by atoms with E-state index in [9.17, 15) is 18.0 Å². The standard InChI is InChI=1S/C15H16N2O5S2/c1-10(18)16-15-17-13(8-23-15)7-22-14(19)12-5-3-4-11(6-12)9-24(2,20)21/h3-6,8H,7,9H2,1-2H3,(H,16,17,18). The fraction of sp³-hybridized carbons (Fsp3) is 0.267. The van der Waals surface area contributed by atoms with Gasteiger partial charge in [-0.25, -0.2) is 18.2 Å². The van der Waals surface area contributed by atoms with Crippen LogP contribution in [0, 0.1) is 0 Å². The smallest absolute Gasteiger partial charge is 0.338 e. The number of thiazole rings is 1. The van der Waals surface area contributed by atoms with Crippen molar-refractivity contribution in [1.82, 2.24) is 4.98 Å². The molecule has 9 heteroatoms. The Labute approximate surface area is 143 Å². The lowest BCUT2D eigenvalue weighted by atomic mass is 10.1. The number of rotatable bonds is 6. The number of ether oxygens (including phenoxy) is 1. The van der Waals surface area contributed by atoms with Crippen molar-refractivity contribution in [2.24, 2.45) is 0 Å². The third-order valence-corrected chi connectivity index (χ3v) is 4.44. The number of aromatic nitrogens is 1. The minimum absolute atomic E-state index is 0.0365. The molecule has 0 atom stereocenters. The Hall–Kier alpha value is -2.26. The molecule has 0 spiro atoms. The van der Waals surface area contributed by atoms with Crippen LogP contribution in [0.4, 0.5) is 5.13 Å². The molecule has 1 aromatic heterocycles. The summed E-state index contributed by atoms with van der Waals surface area (Å²) in [5.74, 6) is -0.935. The Bertz CT molecular complexity index is 858. The van der Waals surface area contributed by atoms with Crippen molar-refractivity contribution in [3.63, 3.8) is 0 Å². The van der Waals surface area contributed by atoms with Crippen molar-refractivity contribution in [2.45, 2.75) is 19.3 Å². The lowest BCUT2D eigenvalue weighted by molar-refractivity contribution is -0.114. The second kappa shape index (κ2) is 7.54. The first-order valence-corrected chi connectivity index (χ1v) is 9.83. The van der Waals surface area contributed by atoms with Crippen LogP contribution in [0.15, 0.2) is 29.6 Å². The Morgan fingerprint density at radius 3 is 2.75 bits per heavy atom. The minimum atomic E-state index is -3.18. The predicted molar refractivity (Wildman–Crippen MR) is 90.5 cm³/mol. The van der Waals surface area contributed by atoms with E-state index in [-0.39, 0.29) is 23.8 Å². The van der Waals surface area contributed by atoms with Crippen molar-refractivity contribution < 1.29 is 22.7 Å². The van der Waals surface area contributed by atoms with Gasteiger partial charge in [-0.2, -0.15) is 0 Å². The maximum atomic E-state index is 12.1. The van der Waals surface area contributed by atoms with E-state index in [2.05, 4.69) is 10.3 Å². The molecule has 0 unspecified atom stereocenters. The van der Waals surface area contributed by atoms with Crippen LogP contribution in [0.1, 0.15) is 28.5 Å². The number of anilines is 1. The van der Waals surface area contributed by atoms with E-state index in [4.69, 9.17) is 4.74 Å². The summed E-state index contributed by atoms with van der Waals surface area (Å²) in [6.45, 7) is 1.34. The fourth-order valence-corrected chi connectivity index (χ4v) is 3.42. The van der Waals surface area contributed by atoms with Crippen molar-refractivity contribution in [2.75, 3.05) is 11.6 Å². The van der Waals surface area contributed by atoms with Gasteiger partial charge >= 0.3 is 5.97 Å². The van der Waals surface area contributed by atoms with Crippen LogP contribution in [-0.2, 0) is 31.7 Å². The lowest BCUT2D eigenvalue weighted by Crippen LogP contribution is -2.08. The number of benzene rings is 1. The molecule has 7 nitrogen and oxygen atoms in total. The van der Waals surface area contributed by atoms with Crippen molar-refractivity contribution in [3.8, 4) is 0 Å². The van der Waals surface area contributed by atoms with Gasteiger partial charge < -0.3 is 10.1 Å². The van der Waals surface area contributed by atoms with E-state index < -0.39 is 15.8 Å². The average molecular weight is 368 g/mol. The van der Waals surface area contributed by atoms with Crippen LogP contribution in [0.3, 0.4) is 0 Å². The van der Waals surface area contributed by atoms with Crippen LogP contribution in [-0.4, -0.2) is 31.5 Å². The third-order valence-electron chi connectivity index (χ3n) is 2.78. The number of sulfone groups is 1. The number of carbonyl (C=O) groups is 2. The van der Waals surface area contributed by atoms with Gasteiger partial charge in [-0.3, -0.25) is 4.79 Å². The van der Waals surface area contributed by atoms with Gasteiger partial charge in [-0.05, 0) is 17.7 Å². The molecular weight excluding hydrogens is 352 g/mol. The van der Waals surface area contributed by atoms with E-state index >= 15 is 0 Å². The molecule has 1 amide bonds. The zero-order valence-corrected chi connectivity index (χ0v) is 14.7. The summed E-state index contributed by atoms with van der Waals surface area (Å²) in [5.41, 5.74) is 1.31. The quantitative estimate of drug-likeness (QED) is 0.783. The first kappa shape index (κ1) is 18.1. The maximum Gasteiger partial charge on any atom is 0.338 e. The molecule has 0 saturated heterocycles. The topological polar surface area (TPSA) is 102 Å². The number of hydrogen-bond donors (Lipinski definition) is 1. The normalized spacial score (nSPS) is 11.1. The number of nitrogens with zero attached hydrogens (tertiary/aromatic N) is 1. The molecule has 1 heterocycles. The van der Waals surface area contributed by atoms with Crippen LogP contribution >= 0.6 is 11.3 Å². The molecular formula is C15H16N2O5S2. The molecule has 1 aromatic carbocycles. The van der Waals surface area contributed by atoms with Gasteiger partial charge in [0, 0.05) is 18.6 Å². The largest absolute Gasteiger partial charge is 0.456 e.